The van der Waals surface area contributed by atoms with Gasteiger partial charge in [0.05, 0.1) is 0 Å². The average molecular weight is 264 g/mol. The van der Waals surface area contributed by atoms with E-state index in [9.17, 15) is 4.79 Å². The Hall–Kier alpha value is -1.89. The monoisotopic (exact) mass is 264 g/mol. The topological polar surface area (TPSA) is 17.1 Å². The lowest BCUT2D eigenvalue weighted by atomic mass is 9.80. The van der Waals surface area contributed by atoms with Gasteiger partial charge < -0.3 is 0 Å². The van der Waals surface area contributed by atoms with Crippen LogP contribution < -0.4 is 0 Å². The maximum Gasteiger partial charge on any atom is 0.166 e. The van der Waals surface area contributed by atoms with Crippen LogP contribution in [0.5, 0.6) is 0 Å². The first-order chi connectivity index (χ1) is 9.63. The molecule has 0 radical (unpaired) electrons. The number of benzene rings is 2. The highest BCUT2D eigenvalue weighted by Gasteiger charge is 2.25. The number of carbonyl (C=O) groups excluding carboxylic acids is 1. The summed E-state index contributed by atoms with van der Waals surface area (Å²) in [6, 6.07) is 14.7. The molecule has 1 aliphatic rings. The van der Waals surface area contributed by atoms with Crippen molar-refractivity contribution in [3.8, 4) is 0 Å². The number of aryl methyl sites for hydroxylation is 3. The minimum atomic E-state index is 0.145. The maximum atomic E-state index is 12.7. The van der Waals surface area contributed by atoms with Crippen LogP contribution >= 0.6 is 0 Å². The molecule has 0 spiro atoms. The highest BCUT2D eigenvalue weighted by Crippen LogP contribution is 2.28. The first-order valence-corrected chi connectivity index (χ1v) is 7.33. The molecule has 2 aromatic rings. The molecule has 0 N–H and O–H groups in total. The molecule has 0 saturated heterocycles. The summed E-state index contributed by atoms with van der Waals surface area (Å²) in [6.45, 7) is 4.11. The zero-order chi connectivity index (χ0) is 14.1. The second-order valence-corrected chi connectivity index (χ2v) is 5.95. The van der Waals surface area contributed by atoms with Gasteiger partial charge in [-0.05, 0) is 56.4 Å². The van der Waals surface area contributed by atoms with Gasteiger partial charge >= 0.3 is 0 Å². The molecule has 0 fully saturated rings. The molecule has 1 nitrogen and oxygen atoms in total. The summed E-state index contributed by atoms with van der Waals surface area (Å²) < 4.78 is 0. The van der Waals surface area contributed by atoms with Gasteiger partial charge in [0, 0.05) is 11.5 Å². The van der Waals surface area contributed by atoms with Gasteiger partial charge in [-0.1, -0.05) is 41.5 Å². The quantitative estimate of drug-likeness (QED) is 0.739. The number of ketones is 1. The first-order valence-electron chi connectivity index (χ1n) is 7.33. The summed E-state index contributed by atoms with van der Waals surface area (Å²) >= 11 is 0. The Kier molecular flexibility index (Phi) is 3.43. The molecule has 0 amide bonds. The highest BCUT2D eigenvalue weighted by atomic mass is 16.1. The molecule has 102 valence electrons. The summed E-state index contributed by atoms with van der Waals surface area (Å²) in [5, 5.41) is 0. The molecule has 0 aliphatic heterocycles. The van der Waals surface area contributed by atoms with Gasteiger partial charge in [0.2, 0.25) is 0 Å². The fourth-order valence-corrected chi connectivity index (χ4v) is 3.27. The molecule has 1 atom stereocenters. The van der Waals surface area contributed by atoms with E-state index in [1.54, 1.807) is 0 Å². The van der Waals surface area contributed by atoms with Gasteiger partial charge in [0.15, 0.2) is 5.78 Å². The summed E-state index contributed by atoms with van der Waals surface area (Å²) in [5.74, 6) is 0.456. The van der Waals surface area contributed by atoms with Crippen LogP contribution in [0.25, 0.3) is 0 Å². The second kappa shape index (κ2) is 5.24. The number of hydrogen-bond acceptors (Lipinski definition) is 1. The maximum absolute atomic E-state index is 12.7. The molecular weight excluding hydrogens is 244 g/mol. The minimum Gasteiger partial charge on any atom is -0.294 e. The number of carbonyl (C=O) groups is 1. The smallest absolute Gasteiger partial charge is 0.166 e. The van der Waals surface area contributed by atoms with Gasteiger partial charge in [-0.25, -0.2) is 0 Å². The van der Waals surface area contributed by atoms with Crippen molar-refractivity contribution < 1.29 is 4.79 Å². The molecular formula is C19H20O. The van der Waals surface area contributed by atoms with E-state index in [1.165, 1.54) is 22.3 Å². The van der Waals surface area contributed by atoms with Gasteiger partial charge in [-0.2, -0.15) is 0 Å². The summed E-state index contributed by atoms with van der Waals surface area (Å²) in [6.07, 6.45) is 2.89. The molecule has 0 bridgehead atoms. The Morgan fingerprint density at radius 2 is 1.65 bits per heavy atom. The van der Waals surface area contributed by atoms with Crippen LogP contribution in [-0.4, -0.2) is 5.78 Å². The molecule has 0 heterocycles. The third-order valence-corrected chi connectivity index (χ3v) is 4.22. The summed E-state index contributed by atoms with van der Waals surface area (Å²) in [4.78, 5) is 12.7. The van der Waals surface area contributed by atoms with Crippen molar-refractivity contribution in [1.82, 2.24) is 0 Å². The van der Waals surface area contributed by atoms with Crippen molar-refractivity contribution >= 4 is 5.78 Å². The van der Waals surface area contributed by atoms with Gasteiger partial charge in [-0.3, -0.25) is 4.79 Å². The summed E-state index contributed by atoms with van der Waals surface area (Å²) in [5.41, 5.74) is 5.99. The highest BCUT2D eigenvalue weighted by molar-refractivity contribution is 5.98. The largest absolute Gasteiger partial charge is 0.294 e. The lowest BCUT2D eigenvalue weighted by Gasteiger charge is -2.23. The fraction of sp³-hybridized carbons (Fsp3) is 0.316. The molecule has 1 aliphatic carbocycles. The number of rotatable bonds is 2. The first kappa shape index (κ1) is 13.1. The zero-order valence-corrected chi connectivity index (χ0v) is 12.1. The molecule has 3 rings (SSSR count). The lowest BCUT2D eigenvalue weighted by molar-refractivity contribution is 0.0908. The van der Waals surface area contributed by atoms with Crippen LogP contribution in [0.15, 0.2) is 42.5 Å². The Morgan fingerprint density at radius 1 is 1.00 bits per heavy atom. The molecule has 2 aromatic carbocycles. The normalized spacial score (nSPS) is 17.6. The summed E-state index contributed by atoms with van der Waals surface area (Å²) in [7, 11) is 0. The third-order valence-electron chi connectivity index (χ3n) is 4.22. The zero-order valence-electron chi connectivity index (χ0n) is 12.1. The van der Waals surface area contributed by atoms with E-state index in [0.717, 1.165) is 24.8 Å². The second-order valence-electron chi connectivity index (χ2n) is 5.95. The van der Waals surface area contributed by atoms with Gasteiger partial charge in [-0.15, -0.1) is 0 Å². The van der Waals surface area contributed by atoms with E-state index in [1.807, 2.05) is 12.1 Å². The molecule has 0 saturated carbocycles. The Bertz CT molecular complexity index is 634. The van der Waals surface area contributed by atoms with Crippen molar-refractivity contribution in [1.29, 1.82) is 0 Å². The van der Waals surface area contributed by atoms with E-state index in [0.29, 0.717) is 5.78 Å². The van der Waals surface area contributed by atoms with Crippen molar-refractivity contribution in [3.05, 3.63) is 70.3 Å². The fourth-order valence-electron chi connectivity index (χ4n) is 3.27. The van der Waals surface area contributed by atoms with Crippen LogP contribution in [0.1, 0.15) is 39.0 Å². The van der Waals surface area contributed by atoms with Crippen LogP contribution in [0.3, 0.4) is 0 Å². The minimum absolute atomic E-state index is 0.145. The Morgan fingerprint density at radius 3 is 2.35 bits per heavy atom. The van der Waals surface area contributed by atoms with E-state index in [4.69, 9.17) is 0 Å². The SMILES string of the molecule is Cc1cc(C)cc(C(=O)C2CCc3ccccc3C2)c1. The van der Waals surface area contributed by atoms with Crippen molar-refractivity contribution in [2.75, 3.05) is 0 Å². The Labute approximate surface area is 120 Å². The molecule has 1 heteroatoms. The van der Waals surface area contributed by atoms with Crippen molar-refractivity contribution in [2.24, 2.45) is 5.92 Å². The standard InChI is InChI=1S/C19H20O/c1-13-9-14(2)11-18(10-13)19(20)17-8-7-15-5-3-4-6-16(15)12-17/h3-6,9-11,17H,7-8,12H2,1-2H3. The lowest BCUT2D eigenvalue weighted by Crippen LogP contribution is -2.23. The van der Waals surface area contributed by atoms with E-state index < -0.39 is 0 Å². The van der Waals surface area contributed by atoms with Crippen LogP contribution in [0, 0.1) is 19.8 Å². The molecule has 1 unspecified atom stereocenters. The van der Waals surface area contributed by atoms with Crippen LogP contribution in [0.2, 0.25) is 0 Å². The van der Waals surface area contributed by atoms with Crippen LogP contribution in [-0.2, 0) is 12.8 Å². The van der Waals surface area contributed by atoms with E-state index in [2.05, 4.69) is 44.2 Å². The van der Waals surface area contributed by atoms with Crippen molar-refractivity contribution in [2.45, 2.75) is 33.1 Å². The molecule has 0 aromatic heterocycles. The molecule has 20 heavy (non-hydrogen) atoms. The average Bonchev–Trinajstić information content (AvgIpc) is 2.45. The van der Waals surface area contributed by atoms with Crippen LogP contribution in [0.4, 0.5) is 0 Å². The number of Topliss-reactive ketones (excluding diaryl/α,β-unsaturated/α-hetero) is 1. The number of hydrogen-bond donors (Lipinski definition) is 0. The third kappa shape index (κ3) is 2.53. The Balaban J connectivity index is 1.86. The predicted octanol–water partition coefficient (Wildman–Crippen LogP) is 4.29. The van der Waals surface area contributed by atoms with Crippen molar-refractivity contribution in [3.63, 3.8) is 0 Å². The van der Waals surface area contributed by atoms with E-state index in [-0.39, 0.29) is 5.92 Å². The van der Waals surface area contributed by atoms with Gasteiger partial charge in [0.25, 0.3) is 0 Å². The number of fused-ring (bicyclic) bond motifs is 1. The van der Waals surface area contributed by atoms with E-state index >= 15 is 0 Å². The predicted molar refractivity (Wildman–Crippen MR) is 82.2 cm³/mol. The van der Waals surface area contributed by atoms with Gasteiger partial charge in [0.1, 0.15) is 0 Å².